The highest BCUT2D eigenvalue weighted by Crippen LogP contribution is 2.24. The molecule has 1 fully saturated rings. The van der Waals surface area contributed by atoms with E-state index in [0.717, 1.165) is 19.3 Å². The second kappa shape index (κ2) is 5.45. The van der Waals surface area contributed by atoms with Gasteiger partial charge in [-0.1, -0.05) is 6.42 Å². The fourth-order valence-corrected chi connectivity index (χ4v) is 2.81. The summed E-state index contributed by atoms with van der Waals surface area (Å²) in [7, 11) is 0. The van der Waals surface area contributed by atoms with Crippen molar-refractivity contribution in [3.63, 3.8) is 0 Å². The fourth-order valence-electron chi connectivity index (χ4n) is 2.10. The number of carbonyl (C=O) groups is 2. The first-order valence-electron chi connectivity index (χ1n) is 5.79. The quantitative estimate of drug-likeness (QED) is 0.741. The molecule has 1 heterocycles. The monoisotopic (exact) mass is 269 g/mol. The van der Waals surface area contributed by atoms with Crippen LogP contribution in [0.3, 0.4) is 0 Å². The number of nitrogens with one attached hydrogen (secondary N) is 1. The summed E-state index contributed by atoms with van der Waals surface area (Å²) in [5.41, 5.74) is 5.86. The van der Waals surface area contributed by atoms with Gasteiger partial charge in [0, 0.05) is 11.4 Å². The Balaban J connectivity index is 1.87. The zero-order valence-electron chi connectivity index (χ0n) is 9.76. The highest BCUT2D eigenvalue weighted by molar-refractivity contribution is 7.09. The molecule has 0 aromatic carbocycles. The van der Waals surface area contributed by atoms with E-state index in [1.807, 2.05) is 0 Å². The third-order valence-electron chi connectivity index (χ3n) is 3.09. The van der Waals surface area contributed by atoms with Gasteiger partial charge < -0.3 is 16.2 Å². The van der Waals surface area contributed by atoms with Crippen LogP contribution in [0.1, 0.15) is 34.8 Å². The third-order valence-corrected chi connectivity index (χ3v) is 3.94. The molecule has 1 aliphatic carbocycles. The van der Waals surface area contributed by atoms with E-state index < -0.39 is 5.97 Å². The minimum absolute atomic E-state index is 0.0156. The zero-order chi connectivity index (χ0) is 13.1. The average Bonchev–Trinajstić information content (AvgIpc) is 2.94. The molecule has 2 atom stereocenters. The van der Waals surface area contributed by atoms with Gasteiger partial charge in [0.25, 0.3) is 0 Å². The summed E-state index contributed by atoms with van der Waals surface area (Å²) in [6, 6.07) is -0.0594. The summed E-state index contributed by atoms with van der Waals surface area (Å²) in [5, 5.41) is 13.5. The molecule has 6 nitrogen and oxygen atoms in total. The van der Waals surface area contributed by atoms with E-state index in [-0.39, 0.29) is 30.1 Å². The molecule has 0 saturated heterocycles. The van der Waals surface area contributed by atoms with E-state index in [9.17, 15) is 9.59 Å². The van der Waals surface area contributed by atoms with Crippen molar-refractivity contribution in [3.05, 3.63) is 16.1 Å². The van der Waals surface area contributed by atoms with E-state index in [4.69, 9.17) is 10.8 Å². The van der Waals surface area contributed by atoms with Gasteiger partial charge in [-0.2, -0.15) is 0 Å². The van der Waals surface area contributed by atoms with Crippen LogP contribution in [-0.2, 0) is 11.3 Å². The van der Waals surface area contributed by atoms with E-state index in [1.165, 1.54) is 16.7 Å². The molecule has 1 aliphatic rings. The topological polar surface area (TPSA) is 105 Å². The van der Waals surface area contributed by atoms with Crippen LogP contribution in [0.15, 0.2) is 5.38 Å². The lowest BCUT2D eigenvalue weighted by atomic mass is 10.0. The Morgan fingerprint density at radius 2 is 2.33 bits per heavy atom. The lowest BCUT2D eigenvalue weighted by molar-refractivity contribution is -0.125. The lowest BCUT2D eigenvalue weighted by Gasteiger charge is -2.14. The molecule has 2 unspecified atom stereocenters. The Hall–Kier alpha value is -1.47. The fraction of sp³-hybridized carbons (Fsp3) is 0.545. The number of carboxylic acid groups (broad SMARTS) is 1. The van der Waals surface area contributed by atoms with Gasteiger partial charge in [0.15, 0.2) is 5.69 Å². The summed E-state index contributed by atoms with van der Waals surface area (Å²) >= 11 is 1.23. The number of amides is 1. The van der Waals surface area contributed by atoms with Crippen molar-refractivity contribution < 1.29 is 14.7 Å². The van der Waals surface area contributed by atoms with Gasteiger partial charge in [0.2, 0.25) is 5.91 Å². The first-order valence-corrected chi connectivity index (χ1v) is 6.67. The van der Waals surface area contributed by atoms with Crippen LogP contribution in [0.4, 0.5) is 0 Å². The van der Waals surface area contributed by atoms with Crippen molar-refractivity contribution >= 4 is 23.2 Å². The normalized spacial score (nSPS) is 22.9. The molecule has 18 heavy (non-hydrogen) atoms. The molecular formula is C11H15N3O3S. The number of hydrogen-bond donors (Lipinski definition) is 3. The van der Waals surface area contributed by atoms with Gasteiger partial charge in [0.05, 0.1) is 12.5 Å². The van der Waals surface area contributed by atoms with Crippen LogP contribution in [0.2, 0.25) is 0 Å². The average molecular weight is 269 g/mol. The molecule has 4 N–H and O–H groups in total. The van der Waals surface area contributed by atoms with Crippen LogP contribution in [0, 0.1) is 5.92 Å². The van der Waals surface area contributed by atoms with Crippen molar-refractivity contribution in [3.8, 4) is 0 Å². The number of thiazole rings is 1. The summed E-state index contributed by atoms with van der Waals surface area (Å²) in [4.78, 5) is 26.4. The third kappa shape index (κ3) is 2.85. The van der Waals surface area contributed by atoms with Crippen LogP contribution in [-0.4, -0.2) is 28.0 Å². The molecule has 1 amide bonds. The minimum Gasteiger partial charge on any atom is -0.476 e. The van der Waals surface area contributed by atoms with Gasteiger partial charge in [-0.25, -0.2) is 9.78 Å². The first-order chi connectivity index (χ1) is 8.58. The Morgan fingerprint density at radius 1 is 1.56 bits per heavy atom. The smallest absolute Gasteiger partial charge is 0.355 e. The molecule has 1 aromatic rings. The Labute approximate surface area is 108 Å². The molecule has 7 heteroatoms. The molecule has 0 spiro atoms. The van der Waals surface area contributed by atoms with Crippen molar-refractivity contribution in [2.24, 2.45) is 11.7 Å². The summed E-state index contributed by atoms with van der Waals surface area (Å²) in [6.45, 7) is 0.264. The van der Waals surface area contributed by atoms with Crippen molar-refractivity contribution in [1.29, 1.82) is 0 Å². The maximum atomic E-state index is 11.8. The largest absolute Gasteiger partial charge is 0.476 e. The first kappa shape index (κ1) is 13.0. The highest BCUT2D eigenvalue weighted by Gasteiger charge is 2.30. The van der Waals surface area contributed by atoms with E-state index in [2.05, 4.69) is 10.3 Å². The van der Waals surface area contributed by atoms with Crippen LogP contribution >= 0.6 is 11.3 Å². The van der Waals surface area contributed by atoms with Crippen LogP contribution in [0.25, 0.3) is 0 Å². The number of carboxylic acids is 1. The molecule has 0 bridgehead atoms. The number of nitrogens with two attached hydrogens (primary N) is 1. The van der Waals surface area contributed by atoms with Gasteiger partial charge in [-0.05, 0) is 12.8 Å². The molecule has 1 aromatic heterocycles. The number of nitrogens with zero attached hydrogens (tertiary/aromatic N) is 1. The van der Waals surface area contributed by atoms with Crippen LogP contribution in [0.5, 0.6) is 0 Å². The maximum Gasteiger partial charge on any atom is 0.355 e. The number of rotatable bonds is 4. The van der Waals surface area contributed by atoms with E-state index >= 15 is 0 Å². The summed E-state index contributed by atoms with van der Waals surface area (Å²) < 4.78 is 0. The van der Waals surface area contributed by atoms with Gasteiger partial charge in [-0.15, -0.1) is 11.3 Å². The predicted molar refractivity (Wildman–Crippen MR) is 66.2 cm³/mol. The minimum atomic E-state index is -1.05. The van der Waals surface area contributed by atoms with Gasteiger partial charge in [0.1, 0.15) is 5.01 Å². The molecule has 2 rings (SSSR count). The zero-order valence-corrected chi connectivity index (χ0v) is 10.6. The predicted octanol–water partition coefficient (Wildman–Crippen LogP) is 0.585. The second-order valence-corrected chi connectivity index (χ2v) is 5.29. The van der Waals surface area contributed by atoms with E-state index in [1.54, 1.807) is 0 Å². The van der Waals surface area contributed by atoms with E-state index in [0.29, 0.717) is 5.01 Å². The Kier molecular flexibility index (Phi) is 3.93. The number of carbonyl (C=O) groups excluding carboxylic acids is 1. The maximum absolute atomic E-state index is 11.8. The summed E-state index contributed by atoms with van der Waals surface area (Å²) in [5.74, 6) is -1.24. The van der Waals surface area contributed by atoms with Crippen molar-refractivity contribution in [1.82, 2.24) is 10.3 Å². The number of hydrogen-bond acceptors (Lipinski definition) is 5. The van der Waals surface area contributed by atoms with Crippen molar-refractivity contribution in [2.75, 3.05) is 0 Å². The molecule has 1 saturated carbocycles. The second-order valence-electron chi connectivity index (χ2n) is 4.35. The van der Waals surface area contributed by atoms with Gasteiger partial charge >= 0.3 is 5.97 Å². The Bertz CT molecular complexity index is 460. The van der Waals surface area contributed by atoms with Gasteiger partial charge in [-0.3, -0.25) is 4.79 Å². The SMILES string of the molecule is NC1CCCC1C(=O)NCc1nc(C(=O)O)cs1. The number of aromatic carboxylic acids is 1. The lowest BCUT2D eigenvalue weighted by Crippen LogP contribution is -2.38. The summed E-state index contributed by atoms with van der Waals surface area (Å²) in [6.07, 6.45) is 2.70. The van der Waals surface area contributed by atoms with Crippen molar-refractivity contribution in [2.45, 2.75) is 31.8 Å². The highest BCUT2D eigenvalue weighted by atomic mass is 32.1. The standard InChI is InChI=1S/C11H15N3O3S/c12-7-3-1-2-6(7)10(15)13-4-9-14-8(5-18-9)11(16)17/h5-7H,1-4,12H2,(H,13,15)(H,16,17). The molecular weight excluding hydrogens is 254 g/mol. The molecule has 0 aliphatic heterocycles. The molecule has 98 valence electrons. The number of aromatic nitrogens is 1. The van der Waals surface area contributed by atoms with Crippen LogP contribution < -0.4 is 11.1 Å². The molecule has 0 radical (unpaired) electrons. The Morgan fingerprint density at radius 3 is 2.89 bits per heavy atom.